The van der Waals surface area contributed by atoms with E-state index in [-0.39, 0.29) is 10.9 Å². The Bertz CT molecular complexity index is 1210. The zero-order valence-corrected chi connectivity index (χ0v) is 20.4. The van der Waals surface area contributed by atoms with E-state index in [1.165, 1.54) is 0 Å². The largest absolute Gasteiger partial charge is 0.493 e. The molecular weight excluding hydrogens is 493 g/mol. The van der Waals surface area contributed by atoms with E-state index in [0.717, 1.165) is 0 Å². The molecule has 3 aromatic carbocycles. The number of carboxylic acid groups (broad SMARTS) is 1. The number of methoxy groups -OCH3 is 1. The standard InChI is InChI=1S/C26H23Cl2NO6/c1-33-13-11-29(18-6-4-17(27)5-7-18)25(30)16-2-8-19(9-3-16)35-24-15-23-21(14-22(24)28)20(26(31)32)10-12-34-23/h2-9,14-15,20H,10-13H2,1H3,(H,31,32). The van der Waals surface area contributed by atoms with Gasteiger partial charge < -0.3 is 24.2 Å². The van der Waals surface area contributed by atoms with Crippen LogP contribution in [-0.2, 0) is 9.53 Å². The number of hydrogen-bond donors (Lipinski definition) is 1. The summed E-state index contributed by atoms with van der Waals surface area (Å²) in [5, 5.41) is 10.3. The van der Waals surface area contributed by atoms with Crippen molar-refractivity contribution in [2.75, 3.05) is 31.8 Å². The second-order valence-corrected chi connectivity index (χ2v) is 8.74. The summed E-state index contributed by atoms with van der Waals surface area (Å²) in [6, 6.07) is 16.8. The quantitative estimate of drug-likeness (QED) is 0.394. The molecule has 4 rings (SSSR count). The first-order valence-corrected chi connectivity index (χ1v) is 11.7. The average Bonchev–Trinajstić information content (AvgIpc) is 2.85. The van der Waals surface area contributed by atoms with Crippen molar-refractivity contribution in [1.82, 2.24) is 0 Å². The Kier molecular flexibility index (Phi) is 7.80. The van der Waals surface area contributed by atoms with Crippen LogP contribution in [0.25, 0.3) is 0 Å². The van der Waals surface area contributed by atoms with Gasteiger partial charge in [0.2, 0.25) is 0 Å². The number of carboxylic acids is 1. The minimum absolute atomic E-state index is 0.198. The van der Waals surface area contributed by atoms with Gasteiger partial charge in [-0.3, -0.25) is 9.59 Å². The van der Waals surface area contributed by atoms with Crippen LogP contribution in [0.3, 0.4) is 0 Å². The molecule has 1 aliphatic heterocycles. The summed E-state index contributed by atoms with van der Waals surface area (Å²) < 4.78 is 16.7. The van der Waals surface area contributed by atoms with E-state index < -0.39 is 11.9 Å². The number of amides is 1. The number of aliphatic carboxylic acids is 1. The molecule has 1 atom stereocenters. The molecule has 1 N–H and O–H groups in total. The molecule has 35 heavy (non-hydrogen) atoms. The Hall–Kier alpha value is -3.26. The van der Waals surface area contributed by atoms with Crippen LogP contribution < -0.4 is 14.4 Å². The first kappa shape index (κ1) is 24.9. The van der Waals surface area contributed by atoms with Gasteiger partial charge in [-0.15, -0.1) is 0 Å². The monoisotopic (exact) mass is 515 g/mol. The van der Waals surface area contributed by atoms with Crippen molar-refractivity contribution in [2.24, 2.45) is 0 Å². The van der Waals surface area contributed by atoms with Gasteiger partial charge in [0.15, 0.2) is 0 Å². The Labute approximate surface area is 212 Å². The fraction of sp³-hybridized carbons (Fsp3) is 0.231. The maximum absolute atomic E-state index is 13.2. The molecule has 0 saturated heterocycles. The number of halogens is 2. The average molecular weight is 516 g/mol. The normalized spacial score (nSPS) is 14.5. The molecule has 3 aromatic rings. The van der Waals surface area contributed by atoms with Gasteiger partial charge in [-0.25, -0.2) is 0 Å². The molecule has 0 fully saturated rings. The first-order chi connectivity index (χ1) is 16.9. The summed E-state index contributed by atoms with van der Waals surface area (Å²) in [5.41, 5.74) is 1.70. The van der Waals surface area contributed by atoms with Crippen LogP contribution in [0.1, 0.15) is 28.3 Å². The maximum Gasteiger partial charge on any atom is 0.311 e. The van der Waals surface area contributed by atoms with Gasteiger partial charge in [0, 0.05) is 41.6 Å². The van der Waals surface area contributed by atoms with Crippen molar-refractivity contribution in [2.45, 2.75) is 12.3 Å². The molecule has 1 unspecified atom stereocenters. The molecule has 0 spiro atoms. The number of carbonyl (C=O) groups excluding carboxylic acids is 1. The number of ether oxygens (including phenoxy) is 3. The molecule has 0 aliphatic carbocycles. The van der Waals surface area contributed by atoms with Gasteiger partial charge in [0.1, 0.15) is 17.2 Å². The summed E-state index contributed by atoms with van der Waals surface area (Å²) in [6.07, 6.45) is 0.381. The van der Waals surface area contributed by atoms with E-state index in [9.17, 15) is 14.7 Å². The summed E-state index contributed by atoms with van der Waals surface area (Å²) >= 11 is 12.4. The smallest absolute Gasteiger partial charge is 0.311 e. The second-order valence-electron chi connectivity index (χ2n) is 7.90. The lowest BCUT2D eigenvalue weighted by molar-refractivity contribution is -0.139. The summed E-state index contributed by atoms with van der Waals surface area (Å²) in [7, 11) is 1.58. The topological polar surface area (TPSA) is 85.3 Å². The van der Waals surface area contributed by atoms with Crippen LogP contribution in [0.4, 0.5) is 5.69 Å². The Morgan fingerprint density at radius 3 is 2.46 bits per heavy atom. The second kappa shape index (κ2) is 11.0. The van der Waals surface area contributed by atoms with Gasteiger partial charge in [-0.05, 0) is 61.0 Å². The van der Waals surface area contributed by atoms with Gasteiger partial charge in [0.05, 0.1) is 24.2 Å². The number of nitrogens with zero attached hydrogens (tertiary/aromatic N) is 1. The van der Waals surface area contributed by atoms with Crippen molar-refractivity contribution >= 4 is 40.8 Å². The van der Waals surface area contributed by atoms with E-state index in [0.29, 0.717) is 65.3 Å². The molecule has 0 saturated carbocycles. The van der Waals surface area contributed by atoms with Crippen molar-refractivity contribution < 1.29 is 28.9 Å². The number of hydrogen-bond acceptors (Lipinski definition) is 5. The zero-order chi connectivity index (χ0) is 24.9. The molecule has 7 nitrogen and oxygen atoms in total. The van der Waals surface area contributed by atoms with Crippen LogP contribution in [0.2, 0.25) is 10.0 Å². The SMILES string of the molecule is COCCN(C(=O)c1ccc(Oc2cc3c(cc2Cl)C(C(=O)O)CCO3)cc1)c1ccc(Cl)cc1. The third kappa shape index (κ3) is 5.70. The lowest BCUT2D eigenvalue weighted by Crippen LogP contribution is -2.33. The number of anilines is 1. The maximum atomic E-state index is 13.2. The third-order valence-electron chi connectivity index (χ3n) is 5.63. The summed E-state index contributed by atoms with van der Waals surface area (Å²) in [4.78, 5) is 26.4. The van der Waals surface area contributed by atoms with Gasteiger partial charge in [-0.1, -0.05) is 23.2 Å². The lowest BCUT2D eigenvalue weighted by atomic mass is 9.93. The molecule has 1 heterocycles. The fourth-order valence-electron chi connectivity index (χ4n) is 3.82. The number of benzene rings is 3. The van der Waals surface area contributed by atoms with Crippen LogP contribution in [0.5, 0.6) is 17.2 Å². The molecule has 0 bridgehead atoms. The van der Waals surface area contributed by atoms with E-state index in [1.807, 2.05) is 0 Å². The highest BCUT2D eigenvalue weighted by Crippen LogP contribution is 2.41. The highest BCUT2D eigenvalue weighted by atomic mass is 35.5. The van der Waals surface area contributed by atoms with E-state index in [1.54, 1.807) is 72.7 Å². The van der Waals surface area contributed by atoms with Gasteiger partial charge in [0.25, 0.3) is 5.91 Å². The number of rotatable bonds is 8. The molecular formula is C26H23Cl2NO6. The highest BCUT2D eigenvalue weighted by Gasteiger charge is 2.29. The Morgan fingerprint density at radius 1 is 1.09 bits per heavy atom. The molecule has 1 amide bonds. The highest BCUT2D eigenvalue weighted by molar-refractivity contribution is 6.32. The number of fused-ring (bicyclic) bond motifs is 1. The van der Waals surface area contributed by atoms with Crippen LogP contribution in [0, 0.1) is 0 Å². The number of carbonyl (C=O) groups is 2. The summed E-state index contributed by atoms with van der Waals surface area (Å²) in [5.74, 6) is -0.556. The minimum atomic E-state index is -0.919. The first-order valence-electron chi connectivity index (χ1n) is 10.9. The lowest BCUT2D eigenvalue weighted by Gasteiger charge is -2.24. The third-order valence-corrected chi connectivity index (χ3v) is 6.18. The van der Waals surface area contributed by atoms with E-state index >= 15 is 0 Å². The van der Waals surface area contributed by atoms with E-state index in [4.69, 9.17) is 37.4 Å². The van der Waals surface area contributed by atoms with Crippen molar-refractivity contribution in [3.8, 4) is 17.2 Å². The van der Waals surface area contributed by atoms with Gasteiger partial charge >= 0.3 is 5.97 Å². The molecule has 0 aromatic heterocycles. The Morgan fingerprint density at radius 2 is 1.80 bits per heavy atom. The van der Waals surface area contributed by atoms with Gasteiger partial charge in [-0.2, -0.15) is 0 Å². The van der Waals surface area contributed by atoms with E-state index in [2.05, 4.69) is 0 Å². The van der Waals surface area contributed by atoms with Crippen molar-refractivity contribution in [1.29, 1.82) is 0 Å². The molecule has 182 valence electrons. The van der Waals surface area contributed by atoms with Crippen LogP contribution >= 0.6 is 23.2 Å². The Balaban J connectivity index is 1.53. The zero-order valence-electron chi connectivity index (χ0n) is 18.9. The van der Waals surface area contributed by atoms with Crippen LogP contribution in [0.15, 0.2) is 60.7 Å². The predicted molar refractivity (Wildman–Crippen MR) is 133 cm³/mol. The predicted octanol–water partition coefficient (Wildman–Crippen LogP) is 6.03. The van der Waals surface area contributed by atoms with Crippen LogP contribution in [-0.4, -0.2) is 43.9 Å². The fourth-order valence-corrected chi connectivity index (χ4v) is 4.16. The molecule has 1 aliphatic rings. The minimum Gasteiger partial charge on any atom is -0.493 e. The summed E-state index contributed by atoms with van der Waals surface area (Å²) in [6.45, 7) is 1.05. The van der Waals surface area contributed by atoms with Crippen molar-refractivity contribution in [3.05, 3.63) is 81.8 Å². The molecule has 9 heteroatoms. The van der Waals surface area contributed by atoms with Crippen molar-refractivity contribution in [3.63, 3.8) is 0 Å². The molecule has 0 radical (unpaired) electrons.